The molecule has 1 aliphatic rings. The topological polar surface area (TPSA) is 80.8 Å². The van der Waals surface area contributed by atoms with E-state index in [0.29, 0.717) is 19.0 Å². The van der Waals surface area contributed by atoms with Crippen molar-refractivity contribution in [3.05, 3.63) is 23.9 Å². The second-order valence-corrected chi connectivity index (χ2v) is 9.02. The minimum atomic E-state index is -0.559. The Kier molecular flexibility index (Phi) is 6.91. The lowest BCUT2D eigenvalue weighted by atomic mass is 10.1. The van der Waals surface area contributed by atoms with Gasteiger partial charge in [0.15, 0.2) is 0 Å². The molecule has 2 rings (SSSR count). The van der Waals surface area contributed by atoms with Crippen molar-refractivity contribution in [1.29, 1.82) is 0 Å². The van der Waals surface area contributed by atoms with Crippen LogP contribution in [-0.4, -0.2) is 52.2 Å². The molecule has 0 saturated carbocycles. The minimum absolute atomic E-state index is 0.105. The van der Waals surface area contributed by atoms with E-state index >= 15 is 0 Å². The van der Waals surface area contributed by atoms with Crippen LogP contribution in [0.5, 0.6) is 5.88 Å². The van der Waals surface area contributed by atoms with Crippen LogP contribution < -0.4 is 10.1 Å². The summed E-state index contributed by atoms with van der Waals surface area (Å²) < 4.78 is 11.2. The van der Waals surface area contributed by atoms with E-state index < -0.39 is 11.1 Å². The molecule has 1 aromatic rings. The van der Waals surface area contributed by atoms with Gasteiger partial charge in [0.2, 0.25) is 11.8 Å². The number of hydrogen-bond donors (Lipinski definition) is 1. The first kappa shape index (κ1) is 22.0. The van der Waals surface area contributed by atoms with Gasteiger partial charge in [-0.2, -0.15) is 0 Å². The summed E-state index contributed by atoms with van der Waals surface area (Å²) in [6.07, 6.45) is 3.26. The first-order valence-corrected chi connectivity index (χ1v) is 9.82. The zero-order valence-electron chi connectivity index (χ0n) is 17.9. The molecule has 0 radical (unpaired) electrons. The molecule has 7 heteroatoms. The number of aromatic nitrogens is 1. The summed E-state index contributed by atoms with van der Waals surface area (Å²) in [6.45, 7) is 12.2. The Hall–Kier alpha value is -2.31. The van der Waals surface area contributed by atoms with Crippen LogP contribution in [0.4, 0.5) is 4.79 Å². The van der Waals surface area contributed by atoms with Crippen molar-refractivity contribution >= 4 is 12.0 Å². The summed E-state index contributed by atoms with van der Waals surface area (Å²) in [5, 5.41) is 3.01. The van der Waals surface area contributed by atoms with E-state index in [0.717, 1.165) is 18.4 Å². The molecule has 0 bridgehead atoms. The Morgan fingerprint density at radius 2 is 2.00 bits per heavy atom. The number of carbonyl (C=O) groups is 2. The molecule has 1 atom stereocenters. The predicted octanol–water partition coefficient (Wildman–Crippen LogP) is 3.45. The summed E-state index contributed by atoms with van der Waals surface area (Å²) >= 11 is 0. The summed E-state index contributed by atoms with van der Waals surface area (Å²) in [6, 6.07) is 3.65. The van der Waals surface area contributed by atoms with E-state index in [1.807, 2.05) is 53.7 Å². The van der Waals surface area contributed by atoms with Crippen LogP contribution in [0.2, 0.25) is 0 Å². The largest absolute Gasteiger partial charge is 0.475 e. The summed E-state index contributed by atoms with van der Waals surface area (Å²) in [5.74, 6) is 0.462. The highest BCUT2D eigenvalue weighted by molar-refractivity contribution is 5.78. The quantitative estimate of drug-likeness (QED) is 0.803. The van der Waals surface area contributed by atoms with E-state index in [2.05, 4.69) is 10.3 Å². The number of likely N-dealkylation sites (tertiary alicyclic amines) is 1. The molecule has 1 aromatic heterocycles. The smallest absolute Gasteiger partial charge is 0.410 e. The van der Waals surface area contributed by atoms with Gasteiger partial charge in [0.1, 0.15) is 12.2 Å². The van der Waals surface area contributed by atoms with Crippen molar-refractivity contribution in [2.75, 3.05) is 13.2 Å². The van der Waals surface area contributed by atoms with E-state index in [-0.39, 0.29) is 24.5 Å². The average molecular weight is 392 g/mol. The summed E-state index contributed by atoms with van der Waals surface area (Å²) in [7, 11) is 0. The molecular weight excluding hydrogens is 358 g/mol. The van der Waals surface area contributed by atoms with Crippen LogP contribution in [0.1, 0.15) is 59.4 Å². The molecule has 1 saturated heterocycles. The van der Waals surface area contributed by atoms with Crippen LogP contribution in [0.25, 0.3) is 0 Å². The second-order valence-electron chi connectivity index (χ2n) is 9.02. The Balaban J connectivity index is 1.87. The predicted molar refractivity (Wildman–Crippen MR) is 107 cm³/mol. The van der Waals surface area contributed by atoms with Crippen molar-refractivity contribution < 1.29 is 19.1 Å². The molecule has 0 spiro atoms. The fraction of sp³-hybridized carbons (Fsp3) is 0.667. The zero-order valence-corrected chi connectivity index (χ0v) is 17.9. The maximum atomic E-state index is 12.6. The molecule has 0 aliphatic carbocycles. The molecule has 28 heavy (non-hydrogen) atoms. The average Bonchev–Trinajstić information content (AvgIpc) is 3.00. The third-order valence-electron chi connectivity index (χ3n) is 4.44. The van der Waals surface area contributed by atoms with Gasteiger partial charge in [0.25, 0.3) is 0 Å². The monoisotopic (exact) mass is 391 g/mol. The number of nitrogens with one attached hydrogen (secondary N) is 1. The van der Waals surface area contributed by atoms with Crippen LogP contribution in [0, 0.1) is 6.92 Å². The Bertz CT molecular complexity index is 697. The molecule has 1 N–H and O–H groups in total. The number of pyridine rings is 1. The number of hydrogen-bond acceptors (Lipinski definition) is 5. The third-order valence-corrected chi connectivity index (χ3v) is 4.44. The number of ether oxygens (including phenoxy) is 2. The van der Waals surface area contributed by atoms with Gasteiger partial charge in [-0.15, -0.1) is 0 Å². The Labute approximate surface area is 167 Å². The van der Waals surface area contributed by atoms with E-state index in [9.17, 15) is 9.59 Å². The van der Waals surface area contributed by atoms with Crippen LogP contribution in [-0.2, 0) is 9.53 Å². The van der Waals surface area contributed by atoms with Crippen molar-refractivity contribution in [2.24, 2.45) is 0 Å². The Morgan fingerprint density at radius 3 is 2.64 bits per heavy atom. The van der Waals surface area contributed by atoms with Gasteiger partial charge < -0.3 is 19.7 Å². The maximum absolute atomic E-state index is 12.6. The highest BCUT2D eigenvalue weighted by atomic mass is 16.6. The van der Waals surface area contributed by atoms with Gasteiger partial charge in [-0.1, -0.05) is 6.07 Å². The number of amides is 2. The molecule has 2 heterocycles. The normalized spacial score (nSPS) is 17.4. The third kappa shape index (κ3) is 6.69. The van der Waals surface area contributed by atoms with Crippen LogP contribution in [0.3, 0.4) is 0 Å². The van der Waals surface area contributed by atoms with Gasteiger partial charge in [-0.25, -0.2) is 9.78 Å². The fourth-order valence-corrected chi connectivity index (χ4v) is 3.16. The van der Waals surface area contributed by atoms with Gasteiger partial charge in [0.05, 0.1) is 5.54 Å². The van der Waals surface area contributed by atoms with Gasteiger partial charge in [-0.3, -0.25) is 4.79 Å². The number of rotatable bonds is 6. The molecule has 2 amide bonds. The molecule has 1 fully saturated rings. The van der Waals surface area contributed by atoms with Crippen molar-refractivity contribution in [3.8, 4) is 5.88 Å². The van der Waals surface area contributed by atoms with E-state index in [1.54, 1.807) is 11.1 Å². The highest BCUT2D eigenvalue weighted by Crippen LogP contribution is 2.23. The van der Waals surface area contributed by atoms with Gasteiger partial charge in [-0.05, 0) is 60.5 Å². The summed E-state index contributed by atoms with van der Waals surface area (Å²) in [4.78, 5) is 30.8. The lowest BCUT2D eigenvalue weighted by Gasteiger charge is -2.30. The molecule has 156 valence electrons. The first-order valence-electron chi connectivity index (χ1n) is 9.82. The summed E-state index contributed by atoms with van der Waals surface area (Å²) in [5.41, 5.74) is -0.158. The lowest BCUT2D eigenvalue weighted by molar-refractivity contribution is -0.124. The Morgan fingerprint density at radius 1 is 1.29 bits per heavy atom. The molecule has 1 unspecified atom stereocenters. The first-order chi connectivity index (χ1) is 13.0. The van der Waals surface area contributed by atoms with E-state index in [1.165, 1.54) is 0 Å². The number of carbonyl (C=O) groups excluding carboxylic acids is 2. The van der Waals surface area contributed by atoms with Crippen molar-refractivity contribution in [1.82, 2.24) is 15.2 Å². The maximum Gasteiger partial charge on any atom is 0.410 e. The van der Waals surface area contributed by atoms with Gasteiger partial charge >= 0.3 is 6.09 Å². The molecule has 1 aliphatic heterocycles. The van der Waals surface area contributed by atoms with Crippen molar-refractivity contribution in [2.45, 2.75) is 78.0 Å². The molecule has 0 aromatic carbocycles. The van der Waals surface area contributed by atoms with Crippen LogP contribution >= 0.6 is 0 Å². The molecule has 7 nitrogen and oxygen atoms in total. The SMILES string of the molecule is Cc1cccnc1OCC(C)(C)NC(=O)CC1CCCN1C(=O)OC(C)(C)C. The zero-order chi connectivity index (χ0) is 20.9. The standard InChI is InChI=1S/C21H33N3O4/c1-15-9-7-11-22-18(15)27-14-21(5,6)23-17(25)13-16-10-8-12-24(16)19(26)28-20(2,3)4/h7,9,11,16H,8,10,12-14H2,1-6H3,(H,23,25). The van der Waals surface area contributed by atoms with E-state index in [4.69, 9.17) is 9.47 Å². The fourth-order valence-electron chi connectivity index (χ4n) is 3.16. The highest BCUT2D eigenvalue weighted by Gasteiger charge is 2.34. The minimum Gasteiger partial charge on any atom is -0.475 e. The number of nitrogens with zero attached hydrogens (tertiary/aromatic N) is 2. The van der Waals surface area contributed by atoms with Gasteiger partial charge in [0, 0.05) is 30.8 Å². The number of aryl methyl sites for hydroxylation is 1. The van der Waals surface area contributed by atoms with Crippen LogP contribution in [0.15, 0.2) is 18.3 Å². The second kappa shape index (κ2) is 8.80. The molecular formula is C21H33N3O4. The van der Waals surface area contributed by atoms with Crippen molar-refractivity contribution in [3.63, 3.8) is 0 Å². The lowest BCUT2D eigenvalue weighted by Crippen LogP contribution is -2.50.